The number of amides is 2. The lowest BCUT2D eigenvalue weighted by molar-refractivity contribution is -0.137. The number of aromatic nitrogens is 4. The van der Waals surface area contributed by atoms with Crippen molar-refractivity contribution in [2.45, 2.75) is 44.9 Å². The second-order valence-electron chi connectivity index (χ2n) is 8.72. The summed E-state index contributed by atoms with van der Waals surface area (Å²) in [5, 5.41) is 9.36. The monoisotopic (exact) mass is 555 g/mol. The molecule has 1 aliphatic heterocycles. The standard InChI is InChI=1S/C23H25ClF3N7O2S/c1-13(31-20(35)14-9-30-33(2)17(14)12-34-6-4-3-5-7-34)22-29-11-18(37-22)21(36)32-19-8-15(23(25,26)27)16(24)10-28-19/h8-11,13H,3-7,12H2,1-2H3,(H,31,35)(H,28,32,36)/t13-/m1/s1. The zero-order valence-corrected chi connectivity index (χ0v) is 21.7. The Balaban J connectivity index is 1.41. The number of nitrogens with one attached hydrogen (secondary N) is 2. The van der Waals surface area contributed by atoms with Crippen molar-refractivity contribution in [3.05, 3.63) is 56.4 Å². The van der Waals surface area contributed by atoms with Crippen LogP contribution in [0.5, 0.6) is 0 Å². The summed E-state index contributed by atoms with van der Waals surface area (Å²) in [6.45, 7) is 4.32. The van der Waals surface area contributed by atoms with Gasteiger partial charge in [0.15, 0.2) is 0 Å². The maximum absolute atomic E-state index is 13.1. The lowest BCUT2D eigenvalue weighted by Gasteiger charge is -2.26. The van der Waals surface area contributed by atoms with Crippen LogP contribution in [0, 0.1) is 0 Å². The van der Waals surface area contributed by atoms with Crippen molar-refractivity contribution in [2.24, 2.45) is 7.05 Å². The number of carbonyl (C=O) groups excluding carboxylic acids is 2. The van der Waals surface area contributed by atoms with Crippen LogP contribution in [0.1, 0.15) is 68.5 Å². The van der Waals surface area contributed by atoms with Gasteiger partial charge in [0, 0.05) is 19.8 Å². The lowest BCUT2D eigenvalue weighted by atomic mass is 10.1. The second kappa shape index (κ2) is 11.2. The number of likely N-dealkylation sites (tertiary alicyclic amines) is 1. The van der Waals surface area contributed by atoms with E-state index in [-0.39, 0.29) is 16.6 Å². The number of hydrogen-bond acceptors (Lipinski definition) is 7. The maximum Gasteiger partial charge on any atom is 0.418 e. The SMILES string of the molecule is C[C@@H](NC(=O)c1cnn(C)c1CN1CCCCC1)c1ncc(C(=O)Nc2cc(C(F)(F)F)c(Cl)cn2)s1. The van der Waals surface area contributed by atoms with Gasteiger partial charge in [-0.1, -0.05) is 18.0 Å². The van der Waals surface area contributed by atoms with E-state index in [1.54, 1.807) is 18.7 Å². The highest BCUT2D eigenvalue weighted by molar-refractivity contribution is 7.13. The summed E-state index contributed by atoms with van der Waals surface area (Å²) in [5.74, 6) is -1.28. The third-order valence-corrected chi connectivity index (χ3v) is 7.48. The summed E-state index contributed by atoms with van der Waals surface area (Å²) in [7, 11) is 1.80. The first kappa shape index (κ1) is 27.0. The molecular weight excluding hydrogens is 531 g/mol. The number of piperidine rings is 1. The lowest BCUT2D eigenvalue weighted by Crippen LogP contribution is -2.32. The quantitative estimate of drug-likeness (QED) is 0.439. The van der Waals surface area contributed by atoms with Gasteiger partial charge in [0.2, 0.25) is 0 Å². The summed E-state index contributed by atoms with van der Waals surface area (Å²) in [6, 6.07) is 0.146. The first-order valence-electron chi connectivity index (χ1n) is 11.6. The molecule has 1 atom stereocenters. The minimum Gasteiger partial charge on any atom is -0.343 e. The van der Waals surface area contributed by atoms with Crippen LogP contribution in [-0.2, 0) is 19.8 Å². The summed E-state index contributed by atoms with van der Waals surface area (Å²) >= 11 is 6.59. The Morgan fingerprint density at radius 3 is 2.57 bits per heavy atom. The van der Waals surface area contributed by atoms with Gasteiger partial charge in [-0.15, -0.1) is 11.3 Å². The first-order valence-corrected chi connectivity index (χ1v) is 12.8. The summed E-state index contributed by atoms with van der Waals surface area (Å²) < 4.78 is 40.9. The van der Waals surface area contributed by atoms with E-state index in [1.807, 2.05) is 0 Å². The van der Waals surface area contributed by atoms with Crippen molar-refractivity contribution in [2.75, 3.05) is 18.4 Å². The molecule has 4 heterocycles. The fourth-order valence-electron chi connectivity index (χ4n) is 4.00. The van der Waals surface area contributed by atoms with Gasteiger partial charge in [0.25, 0.3) is 11.8 Å². The van der Waals surface area contributed by atoms with E-state index in [4.69, 9.17) is 11.6 Å². The van der Waals surface area contributed by atoms with Crippen molar-refractivity contribution in [3.8, 4) is 0 Å². The first-order chi connectivity index (χ1) is 17.5. The zero-order chi connectivity index (χ0) is 26.7. The second-order valence-corrected chi connectivity index (χ2v) is 10.2. The summed E-state index contributed by atoms with van der Waals surface area (Å²) in [5.41, 5.74) is 0.194. The molecular formula is C23H25ClF3N7O2S. The molecule has 1 aliphatic rings. The van der Waals surface area contributed by atoms with Crippen LogP contribution in [-0.4, -0.2) is 49.6 Å². The molecule has 1 fully saturated rings. The van der Waals surface area contributed by atoms with Crippen molar-refractivity contribution >= 4 is 40.6 Å². The summed E-state index contributed by atoms with van der Waals surface area (Å²) in [4.78, 5) is 36.0. The largest absolute Gasteiger partial charge is 0.418 e. The molecule has 9 nitrogen and oxygen atoms in total. The van der Waals surface area contributed by atoms with E-state index in [0.29, 0.717) is 23.2 Å². The highest BCUT2D eigenvalue weighted by Crippen LogP contribution is 2.35. The van der Waals surface area contributed by atoms with Crippen LogP contribution in [0.3, 0.4) is 0 Å². The van der Waals surface area contributed by atoms with Gasteiger partial charge in [-0.2, -0.15) is 18.3 Å². The van der Waals surface area contributed by atoms with Gasteiger partial charge < -0.3 is 10.6 Å². The molecule has 14 heteroatoms. The minimum atomic E-state index is -4.69. The van der Waals surface area contributed by atoms with Crippen molar-refractivity contribution in [1.82, 2.24) is 30.0 Å². The Morgan fingerprint density at radius 2 is 1.86 bits per heavy atom. The van der Waals surface area contributed by atoms with E-state index in [0.717, 1.165) is 49.2 Å². The number of pyridine rings is 1. The van der Waals surface area contributed by atoms with E-state index >= 15 is 0 Å². The molecule has 4 rings (SSSR count). The molecule has 1 saturated heterocycles. The smallest absolute Gasteiger partial charge is 0.343 e. The van der Waals surface area contributed by atoms with Gasteiger partial charge >= 0.3 is 6.18 Å². The van der Waals surface area contributed by atoms with Crippen LogP contribution in [0.25, 0.3) is 0 Å². The Morgan fingerprint density at radius 1 is 1.14 bits per heavy atom. The van der Waals surface area contributed by atoms with Crippen LogP contribution >= 0.6 is 22.9 Å². The van der Waals surface area contributed by atoms with Gasteiger partial charge in [-0.05, 0) is 38.9 Å². The molecule has 198 valence electrons. The average molecular weight is 556 g/mol. The predicted molar refractivity (Wildman–Crippen MR) is 133 cm³/mol. The zero-order valence-electron chi connectivity index (χ0n) is 20.1. The van der Waals surface area contributed by atoms with E-state index in [1.165, 1.54) is 18.8 Å². The maximum atomic E-state index is 13.1. The molecule has 0 aliphatic carbocycles. The summed E-state index contributed by atoms with van der Waals surface area (Å²) in [6.07, 6.45) is 2.45. The molecule has 0 aromatic carbocycles. The normalized spacial score (nSPS) is 15.4. The van der Waals surface area contributed by atoms with Gasteiger partial charge in [0.05, 0.1) is 40.3 Å². The van der Waals surface area contributed by atoms with Crippen molar-refractivity contribution < 1.29 is 22.8 Å². The van der Waals surface area contributed by atoms with E-state index in [2.05, 4.69) is 30.6 Å². The van der Waals surface area contributed by atoms with Gasteiger partial charge in [-0.3, -0.25) is 19.2 Å². The van der Waals surface area contributed by atoms with E-state index in [9.17, 15) is 22.8 Å². The molecule has 2 N–H and O–H groups in total. The molecule has 2 amide bonds. The fourth-order valence-corrected chi connectivity index (χ4v) is 5.03. The predicted octanol–water partition coefficient (Wildman–Crippen LogP) is 4.67. The number of thiazole rings is 1. The number of alkyl halides is 3. The fraction of sp³-hybridized carbons (Fsp3) is 0.435. The molecule has 0 unspecified atom stereocenters. The highest BCUT2D eigenvalue weighted by Gasteiger charge is 2.34. The van der Waals surface area contributed by atoms with Crippen molar-refractivity contribution in [1.29, 1.82) is 0 Å². The number of rotatable bonds is 7. The topological polar surface area (TPSA) is 105 Å². The minimum absolute atomic E-state index is 0.147. The Labute approximate surface area is 220 Å². The number of hydrogen-bond donors (Lipinski definition) is 2. The van der Waals surface area contributed by atoms with E-state index < -0.39 is 28.7 Å². The average Bonchev–Trinajstić information content (AvgIpc) is 3.48. The molecule has 0 radical (unpaired) electrons. The van der Waals surface area contributed by atoms with Crippen LogP contribution in [0.15, 0.2) is 24.7 Å². The Kier molecular flexibility index (Phi) is 8.14. The molecule has 0 bridgehead atoms. The third kappa shape index (κ3) is 6.46. The van der Waals surface area contributed by atoms with Crippen LogP contribution in [0.4, 0.5) is 19.0 Å². The number of anilines is 1. The van der Waals surface area contributed by atoms with Crippen LogP contribution < -0.4 is 10.6 Å². The van der Waals surface area contributed by atoms with Crippen LogP contribution in [0.2, 0.25) is 5.02 Å². The number of aryl methyl sites for hydroxylation is 1. The molecule has 0 spiro atoms. The number of carbonyl (C=O) groups is 2. The Hall–Kier alpha value is -3.03. The molecule has 37 heavy (non-hydrogen) atoms. The Bertz CT molecular complexity index is 1290. The highest BCUT2D eigenvalue weighted by atomic mass is 35.5. The number of nitrogens with zero attached hydrogens (tertiary/aromatic N) is 5. The third-order valence-electron chi connectivity index (χ3n) is 6.00. The molecule has 0 saturated carbocycles. The molecule has 3 aromatic rings. The number of halogens is 4. The van der Waals surface area contributed by atoms with Gasteiger partial charge in [-0.25, -0.2) is 9.97 Å². The molecule has 3 aromatic heterocycles. The van der Waals surface area contributed by atoms with Gasteiger partial charge in [0.1, 0.15) is 15.7 Å². The van der Waals surface area contributed by atoms with Crippen molar-refractivity contribution in [3.63, 3.8) is 0 Å².